The van der Waals surface area contributed by atoms with Gasteiger partial charge < -0.3 is 10.6 Å². The van der Waals surface area contributed by atoms with Gasteiger partial charge in [0.15, 0.2) is 0 Å². The predicted octanol–water partition coefficient (Wildman–Crippen LogP) is 0.675. The summed E-state index contributed by atoms with van der Waals surface area (Å²) in [6, 6.07) is 0.368. The molecule has 1 aliphatic rings. The molecule has 0 spiro atoms. The van der Waals surface area contributed by atoms with E-state index >= 15 is 0 Å². The number of hydrogen-bond acceptors (Lipinski definition) is 2. The average molecular weight is 142 g/mol. The van der Waals surface area contributed by atoms with E-state index in [-0.39, 0.29) is 0 Å². The molecule has 1 atom stereocenters. The van der Waals surface area contributed by atoms with Crippen molar-refractivity contribution in [3.05, 3.63) is 0 Å². The molecule has 0 amide bonds. The van der Waals surface area contributed by atoms with E-state index in [9.17, 15) is 0 Å². The van der Waals surface area contributed by atoms with E-state index in [2.05, 4.69) is 25.7 Å². The largest absolute Gasteiger partial charge is 0.326 e. The normalized spacial score (nSPS) is 33.0. The van der Waals surface area contributed by atoms with Crippen molar-refractivity contribution in [3.8, 4) is 0 Å². The number of nitrogens with zero attached hydrogens (tertiary/aromatic N) is 1. The Labute approximate surface area is 63.4 Å². The van der Waals surface area contributed by atoms with Gasteiger partial charge in [0.1, 0.15) is 0 Å². The molecule has 2 heteroatoms. The smallest absolute Gasteiger partial charge is 0.0232 e. The molecule has 2 nitrogen and oxygen atoms in total. The Morgan fingerprint density at radius 1 is 1.60 bits per heavy atom. The van der Waals surface area contributed by atoms with E-state index in [0.29, 0.717) is 11.5 Å². The lowest BCUT2D eigenvalue weighted by Gasteiger charge is -2.21. The molecule has 2 N–H and O–H groups in total. The van der Waals surface area contributed by atoms with Crippen molar-refractivity contribution in [2.45, 2.75) is 26.8 Å². The first-order valence-electron chi connectivity index (χ1n) is 4.04. The number of rotatable bonds is 1. The summed E-state index contributed by atoms with van der Waals surface area (Å²) in [5.74, 6) is 0. The summed E-state index contributed by atoms with van der Waals surface area (Å²) in [6.45, 7) is 10.0. The van der Waals surface area contributed by atoms with Crippen molar-refractivity contribution >= 4 is 0 Å². The van der Waals surface area contributed by atoms with Crippen LogP contribution in [0.5, 0.6) is 0 Å². The SMILES string of the molecule is CCN1CC(N)C(C)(C)C1. The van der Waals surface area contributed by atoms with Crippen LogP contribution in [-0.2, 0) is 0 Å². The third-order valence-electron chi connectivity index (χ3n) is 2.54. The van der Waals surface area contributed by atoms with E-state index in [1.807, 2.05) is 0 Å². The van der Waals surface area contributed by atoms with Crippen LogP contribution in [0.2, 0.25) is 0 Å². The van der Waals surface area contributed by atoms with Crippen molar-refractivity contribution in [1.82, 2.24) is 4.90 Å². The molecule has 0 aromatic heterocycles. The Morgan fingerprint density at radius 3 is 2.40 bits per heavy atom. The van der Waals surface area contributed by atoms with Crippen LogP contribution in [0.3, 0.4) is 0 Å². The van der Waals surface area contributed by atoms with E-state index in [1.165, 1.54) is 0 Å². The van der Waals surface area contributed by atoms with Gasteiger partial charge in [-0.3, -0.25) is 0 Å². The molecule has 0 aromatic carbocycles. The van der Waals surface area contributed by atoms with Crippen molar-refractivity contribution in [2.75, 3.05) is 19.6 Å². The predicted molar refractivity (Wildman–Crippen MR) is 43.9 cm³/mol. The molecule has 1 heterocycles. The van der Waals surface area contributed by atoms with Gasteiger partial charge in [0.05, 0.1) is 0 Å². The number of nitrogens with two attached hydrogens (primary N) is 1. The molecule has 0 bridgehead atoms. The second kappa shape index (κ2) is 2.51. The second-order valence-electron chi connectivity index (χ2n) is 3.92. The lowest BCUT2D eigenvalue weighted by molar-refractivity contribution is 0.298. The molecular formula is C8H18N2. The van der Waals surface area contributed by atoms with Crippen molar-refractivity contribution in [2.24, 2.45) is 11.1 Å². The molecule has 60 valence electrons. The fourth-order valence-electron chi connectivity index (χ4n) is 1.52. The summed E-state index contributed by atoms with van der Waals surface area (Å²) in [4.78, 5) is 2.41. The summed E-state index contributed by atoms with van der Waals surface area (Å²) in [5, 5.41) is 0. The van der Waals surface area contributed by atoms with Gasteiger partial charge in [-0.05, 0) is 12.0 Å². The fourth-order valence-corrected chi connectivity index (χ4v) is 1.52. The number of likely N-dealkylation sites (N-methyl/N-ethyl adjacent to an activating group) is 1. The van der Waals surface area contributed by atoms with Gasteiger partial charge in [0.25, 0.3) is 0 Å². The van der Waals surface area contributed by atoms with E-state index < -0.39 is 0 Å². The van der Waals surface area contributed by atoms with E-state index in [1.54, 1.807) is 0 Å². The minimum atomic E-state index is 0.329. The van der Waals surface area contributed by atoms with Crippen LogP contribution in [0.4, 0.5) is 0 Å². The Morgan fingerprint density at radius 2 is 2.20 bits per heavy atom. The monoisotopic (exact) mass is 142 g/mol. The van der Waals surface area contributed by atoms with Crippen molar-refractivity contribution in [1.29, 1.82) is 0 Å². The Bertz CT molecular complexity index is 120. The first-order valence-corrected chi connectivity index (χ1v) is 4.04. The summed E-state index contributed by atoms with van der Waals surface area (Å²) in [6.07, 6.45) is 0. The molecule has 1 rings (SSSR count). The lowest BCUT2D eigenvalue weighted by Crippen LogP contribution is -2.35. The second-order valence-corrected chi connectivity index (χ2v) is 3.92. The lowest BCUT2D eigenvalue weighted by atomic mass is 9.89. The van der Waals surface area contributed by atoms with Gasteiger partial charge in [0, 0.05) is 19.1 Å². The zero-order valence-corrected chi connectivity index (χ0v) is 7.22. The van der Waals surface area contributed by atoms with Crippen LogP contribution in [-0.4, -0.2) is 30.6 Å². The van der Waals surface area contributed by atoms with Gasteiger partial charge in [-0.1, -0.05) is 20.8 Å². The molecular weight excluding hydrogens is 124 g/mol. The van der Waals surface area contributed by atoms with Gasteiger partial charge in [0.2, 0.25) is 0 Å². The van der Waals surface area contributed by atoms with Gasteiger partial charge in [-0.15, -0.1) is 0 Å². The average Bonchev–Trinajstić information content (AvgIpc) is 2.08. The summed E-state index contributed by atoms with van der Waals surface area (Å²) in [5.41, 5.74) is 6.27. The molecule has 0 aliphatic carbocycles. The van der Waals surface area contributed by atoms with Gasteiger partial charge in [-0.2, -0.15) is 0 Å². The fraction of sp³-hybridized carbons (Fsp3) is 1.00. The van der Waals surface area contributed by atoms with E-state index in [0.717, 1.165) is 19.6 Å². The molecule has 10 heavy (non-hydrogen) atoms. The topological polar surface area (TPSA) is 29.3 Å². The maximum Gasteiger partial charge on any atom is 0.0232 e. The third kappa shape index (κ3) is 1.32. The van der Waals surface area contributed by atoms with E-state index in [4.69, 9.17) is 5.73 Å². The zero-order valence-electron chi connectivity index (χ0n) is 7.22. The molecule has 0 aromatic rings. The maximum absolute atomic E-state index is 5.94. The first-order chi connectivity index (χ1) is 4.56. The van der Waals surface area contributed by atoms with Crippen LogP contribution in [0.1, 0.15) is 20.8 Å². The summed E-state index contributed by atoms with van der Waals surface area (Å²) >= 11 is 0. The van der Waals surface area contributed by atoms with Crippen molar-refractivity contribution < 1.29 is 0 Å². The number of hydrogen-bond donors (Lipinski definition) is 1. The highest BCUT2D eigenvalue weighted by Gasteiger charge is 2.35. The van der Waals surface area contributed by atoms with Crippen LogP contribution in [0.25, 0.3) is 0 Å². The Kier molecular flexibility index (Phi) is 2.02. The standard InChI is InChI=1S/C8H18N2/c1-4-10-5-7(9)8(2,3)6-10/h7H,4-6,9H2,1-3H3. The quantitative estimate of drug-likeness (QED) is 0.583. The highest BCUT2D eigenvalue weighted by molar-refractivity contribution is 4.92. The van der Waals surface area contributed by atoms with Crippen LogP contribution in [0.15, 0.2) is 0 Å². The third-order valence-corrected chi connectivity index (χ3v) is 2.54. The first kappa shape index (κ1) is 8.02. The highest BCUT2D eigenvalue weighted by atomic mass is 15.2. The molecule has 1 saturated heterocycles. The van der Waals surface area contributed by atoms with Crippen LogP contribution in [0, 0.1) is 5.41 Å². The number of likely N-dealkylation sites (tertiary alicyclic amines) is 1. The van der Waals surface area contributed by atoms with Gasteiger partial charge >= 0.3 is 0 Å². The Hall–Kier alpha value is -0.0800. The molecule has 0 saturated carbocycles. The molecule has 0 radical (unpaired) electrons. The maximum atomic E-state index is 5.94. The van der Waals surface area contributed by atoms with Crippen LogP contribution < -0.4 is 5.73 Å². The molecule has 1 aliphatic heterocycles. The molecule has 1 unspecified atom stereocenters. The minimum Gasteiger partial charge on any atom is -0.326 e. The Balaban J connectivity index is 2.53. The van der Waals surface area contributed by atoms with Crippen LogP contribution >= 0.6 is 0 Å². The molecule has 1 fully saturated rings. The van der Waals surface area contributed by atoms with Gasteiger partial charge in [-0.25, -0.2) is 0 Å². The highest BCUT2D eigenvalue weighted by Crippen LogP contribution is 2.27. The summed E-state index contributed by atoms with van der Waals surface area (Å²) < 4.78 is 0. The zero-order chi connectivity index (χ0) is 7.78. The minimum absolute atomic E-state index is 0.329. The summed E-state index contributed by atoms with van der Waals surface area (Å²) in [7, 11) is 0. The van der Waals surface area contributed by atoms with Crippen molar-refractivity contribution in [3.63, 3.8) is 0 Å².